The fraction of sp³-hybridized carbons (Fsp3) is 0.600. The average molecular weight is 224 g/mol. The second kappa shape index (κ2) is 4.52. The van der Waals surface area contributed by atoms with Crippen LogP contribution in [0.1, 0.15) is 23.8 Å². The maximum atomic E-state index is 12.1. The van der Waals surface area contributed by atoms with Crippen LogP contribution >= 0.6 is 0 Å². The minimum absolute atomic E-state index is 0.105. The monoisotopic (exact) mass is 224 g/mol. The molecule has 1 saturated heterocycles. The summed E-state index contributed by atoms with van der Waals surface area (Å²) < 4.78 is 0. The van der Waals surface area contributed by atoms with Crippen molar-refractivity contribution in [2.24, 2.45) is 0 Å². The van der Waals surface area contributed by atoms with Crippen molar-refractivity contribution in [3.8, 4) is 0 Å². The van der Waals surface area contributed by atoms with E-state index in [1.54, 1.807) is 0 Å². The van der Waals surface area contributed by atoms with Crippen molar-refractivity contribution >= 4 is 5.91 Å². The summed E-state index contributed by atoms with van der Waals surface area (Å²) in [5, 5.41) is 3.14. The third-order valence-corrected chi connectivity index (χ3v) is 2.75. The quantitative estimate of drug-likeness (QED) is 0.646. The van der Waals surface area contributed by atoms with Gasteiger partial charge in [-0.3, -0.25) is 4.79 Å². The zero-order valence-corrected chi connectivity index (χ0v) is 9.25. The Hall–Kier alpha value is -1.56. The number of imidazole rings is 1. The molecule has 0 unspecified atom stereocenters. The number of aromatic amines is 2. The van der Waals surface area contributed by atoms with Gasteiger partial charge in [-0.25, -0.2) is 4.79 Å². The number of aromatic nitrogens is 2. The predicted molar refractivity (Wildman–Crippen MR) is 59.4 cm³/mol. The number of nitrogens with zero attached hydrogens (tertiary/aromatic N) is 1. The molecule has 0 atom stereocenters. The fourth-order valence-corrected chi connectivity index (χ4v) is 1.79. The van der Waals surface area contributed by atoms with Crippen molar-refractivity contribution in [3.05, 3.63) is 22.4 Å². The van der Waals surface area contributed by atoms with Crippen LogP contribution in [0.25, 0.3) is 0 Å². The molecule has 2 rings (SSSR count). The number of nitrogens with one attached hydrogen (secondary N) is 3. The van der Waals surface area contributed by atoms with E-state index in [4.69, 9.17) is 0 Å². The maximum Gasteiger partial charge on any atom is 0.323 e. The first-order chi connectivity index (χ1) is 7.72. The number of hydrogen-bond donors (Lipinski definition) is 3. The van der Waals surface area contributed by atoms with E-state index >= 15 is 0 Å². The Balaban J connectivity index is 2.12. The Labute approximate surface area is 93.0 Å². The Morgan fingerprint density at radius 2 is 2.31 bits per heavy atom. The van der Waals surface area contributed by atoms with E-state index in [2.05, 4.69) is 15.3 Å². The summed E-state index contributed by atoms with van der Waals surface area (Å²) in [4.78, 5) is 29.8. The smallest absolute Gasteiger partial charge is 0.323 e. The molecule has 1 aromatic heterocycles. The first-order valence-corrected chi connectivity index (χ1v) is 5.51. The van der Waals surface area contributed by atoms with Gasteiger partial charge in [0.1, 0.15) is 5.69 Å². The molecule has 0 aromatic carbocycles. The topological polar surface area (TPSA) is 81.0 Å². The Kier molecular flexibility index (Phi) is 3.09. The first kappa shape index (κ1) is 10.9. The second-order valence-corrected chi connectivity index (χ2v) is 3.97. The molecule has 6 heteroatoms. The summed E-state index contributed by atoms with van der Waals surface area (Å²) in [6.07, 6.45) is 2.34. The lowest BCUT2D eigenvalue weighted by atomic mass is 10.1. The van der Waals surface area contributed by atoms with Crippen LogP contribution in [-0.4, -0.2) is 46.5 Å². The van der Waals surface area contributed by atoms with Crippen molar-refractivity contribution in [2.45, 2.75) is 19.4 Å². The first-order valence-electron chi connectivity index (χ1n) is 5.51. The zero-order valence-electron chi connectivity index (χ0n) is 9.25. The van der Waals surface area contributed by atoms with Gasteiger partial charge in [0.25, 0.3) is 5.91 Å². The minimum atomic E-state index is -0.341. The van der Waals surface area contributed by atoms with E-state index in [1.807, 2.05) is 11.8 Å². The molecular formula is C10H16N4O2. The number of carbonyl (C=O) groups is 1. The molecule has 1 amide bonds. The molecule has 0 bridgehead atoms. The van der Waals surface area contributed by atoms with E-state index in [1.165, 1.54) is 6.20 Å². The van der Waals surface area contributed by atoms with Crippen LogP contribution < -0.4 is 11.0 Å². The summed E-state index contributed by atoms with van der Waals surface area (Å²) in [5.74, 6) is -0.105. The molecule has 0 saturated carbocycles. The summed E-state index contributed by atoms with van der Waals surface area (Å²) in [7, 11) is 0. The van der Waals surface area contributed by atoms with Crippen LogP contribution in [0.3, 0.4) is 0 Å². The van der Waals surface area contributed by atoms with Crippen LogP contribution in [0.15, 0.2) is 11.0 Å². The second-order valence-electron chi connectivity index (χ2n) is 3.97. The van der Waals surface area contributed by atoms with Gasteiger partial charge in [-0.15, -0.1) is 0 Å². The molecule has 6 nitrogen and oxygen atoms in total. The van der Waals surface area contributed by atoms with Crippen LogP contribution in [0.2, 0.25) is 0 Å². The largest absolute Gasteiger partial charge is 0.332 e. The van der Waals surface area contributed by atoms with Gasteiger partial charge < -0.3 is 20.2 Å². The lowest BCUT2D eigenvalue weighted by Crippen LogP contribution is -2.59. The molecule has 0 spiro atoms. The van der Waals surface area contributed by atoms with Gasteiger partial charge in [0.05, 0.1) is 6.04 Å². The van der Waals surface area contributed by atoms with E-state index in [-0.39, 0.29) is 17.6 Å². The van der Waals surface area contributed by atoms with Gasteiger partial charge in [-0.05, 0) is 6.42 Å². The molecule has 0 aliphatic carbocycles. The fourth-order valence-electron chi connectivity index (χ4n) is 1.79. The van der Waals surface area contributed by atoms with E-state index in [0.29, 0.717) is 5.69 Å². The Bertz CT molecular complexity index is 418. The molecule has 3 N–H and O–H groups in total. The van der Waals surface area contributed by atoms with Gasteiger partial charge >= 0.3 is 5.69 Å². The van der Waals surface area contributed by atoms with E-state index in [9.17, 15) is 9.59 Å². The number of rotatable bonds is 4. The molecule has 1 aliphatic heterocycles. The SMILES string of the molecule is CCCN(C(=O)c1c[nH]c(=O)[nH]1)C1CNC1. The maximum absolute atomic E-state index is 12.1. The number of carbonyl (C=O) groups excluding carboxylic acids is 1. The summed E-state index contributed by atoms with van der Waals surface area (Å²) in [5.41, 5.74) is -0.00289. The molecule has 2 heterocycles. The predicted octanol–water partition coefficient (Wildman–Crippen LogP) is -0.473. The van der Waals surface area contributed by atoms with Gasteiger partial charge in [-0.1, -0.05) is 6.92 Å². The molecule has 88 valence electrons. The highest BCUT2D eigenvalue weighted by atomic mass is 16.2. The molecule has 0 radical (unpaired) electrons. The average Bonchev–Trinajstić information content (AvgIpc) is 2.60. The van der Waals surface area contributed by atoms with Crippen molar-refractivity contribution < 1.29 is 4.79 Å². The summed E-state index contributed by atoms with van der Waals surface area (Å²) >= 11 is 0. The standard InChI is InChI=1S/C10H16N4O2/c1-2-3-14(7-4-11-5-7)9(15)8-6-12-10(16)13-8/h6-7,11H,2-5H2,1H3,(H2,12,13,16). The van der Waals surface area contributed by atoms with Crippen molar-refractivity contribution in [1.82, 2.24) is 20.2 Å². The zero-order chi connectivity index (χ0) is 11.5. The molecular weight excluding hydrogens is 208 g/mol. The van der Waals surface area contributed by atoms with Gasteiger partial charge in [0, 0.05) is 25.8 Å². The molecule has 1 aromatic rings. The Morgan fingerprint density at radius 1 is 1.56 bits per heavy atom. The van der Waals surface area contributed by atoms with E-state index < -0.39 is 0 Å². The molecule has 1 aliphatic rings. The number of amides is 1. The molecule has 16 heavy (non-hydrogen) atoms. The van der Waals surface area contributed by atoms with Crippen molar-refractivity contribution in [3.63, 3.8) is 0 Å². The highest BCUT2D eigenvalue weighted by Gasteiger charge is 2.29. The molecule has 1 fully saturated rings. The number of H-pyrrole nitrogens is 2. The third-order valence-electron chi connectivity index (χ3n) is 2.75. The van der Waals surface area contributed by atoms with Crippen LogP contribution in [0.5, 0.6) is 0 Å². The highest BCUT2D eigenvalue weighted by Crippen LogP contribution is 2.09. The summed E-state index contributed by atoms with van der Waals surface area (Å²) in [6, 6.07) is 0.255. The lowest BCUT2D eigenvalue weighted by Gasteiger charge is -2.37. The van der Waals surface area contributed by atoms with Crippen LogP contribution in [0, 0.1) is 0 Å². The van der Waals surface area contributed by atoms with Crippen molar-refractivity contribution in [1.29, 1.82) is 0 Å². The van der Waals surface area contributed by atoms with Gasteiger partial charge in [-0.2, -0.15) is 0 Å². The van der Waals surface area contributed by atoms with Gasteiger partial charge in [0.15, 0.2) is 0 Å². The van der Waals surface area contributed by atoms with Crippen molar-refractivity contribution in [2.75, 3.05) is 19.6 Å². The lowest BCUT2D eigenvalue weighted by molar-refractivity contribution is 0.0610. The highest BCUT2D eigenvalue weighted by molar-refractivity contribution is 5.92. The Morgan fingerprint density at radius 3 is 2.75 bits per heavy atom. The number of hydrogen-bond acceptors (Lipinski definition) is 3. The van der Waals surface area contributed by atoms with E-state index in [0.717, 1.165) is 26.1 Å². The minimum Gasteiger partial charge on any atom is -0.332 e. The summed E-state index contributed by atoms with van der Waals surface area (Å²) in [6.45, 7) is 4.42. The van der Waals surface area contributed by atoms with Gasteiger partial charge in [0.2, 0.25) is 0 Å². The van der Waals surface area contributed by atoms with Crippen LogP contribution in [-0.2, 0) is 0 Å². The van der Waals surface area contributed by atoms with Crippen LogP contribution in [0.4, 0.5) is 0 Å². The normalized spacial score (nSPS) is 15.8. The third kappa shape index (κ3) is 2.01.